The number of hydrogen-bond acceptors (Lipinski definition) is 5. The first-order valence-corrected chi connectivity index (χ1v) is 5.64. The molecule has 0 amide bonds. The van der Waals surface area contributed by atoms with Gasteiger partial charge >= 0.3 is 0 Å². The van der Waals surface area contributed by atoms with Crippen molar-refractivity contribution in [1.29, 1.82) is 0 Å². The lowest BCUT2D eigenvalue weighted by Gasteiger charge is -2.36. The first-order chi connectivity index (χ1) is 7.63. The Kier molecular flexibility index (Phi) is 3.32. The van der Waals surface area contributed by atoms with Crippen LogP contribution in [-0.2, 0) is 4.74 Å². The summed E-state index contributed by atoms with van der Waals surface area (Å²) in [4.78, 5) is 2.09. The van der Waals surface area contributed by atoms with E-state index in [-0.39, 0.29) is 17.5 Å². The summed E-state index contributed by atoms with van der Waals surface area (Å²) < 4.78 is 5.80. The molecule has 2 rings (SSSR count). The number of nitrogens with zero attached hydrogens (tertiary/aromatic N) is 2. The molecule has 1 spiro atoms. The first-order valence-electron chi connectivity index (χ1n) is 5.64. The highest BCUT2D eigenvalue weighted by Crippen LogP contribution is 2.33. The Labute approximate surface area is 94.7 Å². The summed E-state index contributed by atoms with van der Waals surface area (Å²) in [5.41, 5.74) is 5.25. The van der Waals surface area contributed by atoms with E-state index in [2.05, 4.69) is 10.1 Å². The zero-order valence-corrected chi connectivity index (χ0v) is 9.30. The van der Waals surface area contributed by atoms with Gasteiger partial charge in [0.05, 0.1) is 18.2 Å². The number of likely N-dealkylation sites (tertiary alicyclic amines) is 1. The van der Waals surface area contributed by atoms with Crippen molar-refractivity contribution in [3.05, 3.63) is 0 Å². The lowest BCUT2D eigenvalue weighted by Crippen LogP contribution is -2.45. The van der Waals surface area contributed by atoms with Crippen LogP contribution in [0.15, 0.2) is 5.16 Å². The SMILES string of the molecule is N/C(CN1CCC2(CC(O)CCO2)C1)=N\O. The van der Waals surface area contributed by atoms with Crippen molar-refractivity contribution < 1.29 is 15.1 Å². The quantitative estimate of drug-likeness (QED) is 0.253. The second-order valence-corrected chi connectivity index (χ2v) is 4.73. The molecule has 2 aliphatic heterocycles. The van der Waals surface area contributed by atoms with Crippen LogP contribution in [0.3, 0.4) is 0 Å². The van der Waals surface area contributed by atoms with Crippen molar-refractivity contribution in [3.63, 3.8) is 0 Å². The fraction of sp³-hybridized carbons (Fsp3) is 0.900. The molecule has 2 heterocycles. The highest BCUT2D eigenvalue weighted by atomic mass is 16.5. The minimum Gasteiger partial charge on any atom is -0.409 e. The monoisotopic (exact) mass is 229 g/mol. The van der Waals surface area contributed by atoms with Gasteiger partial charge in [-0.2, -0.15) is 0 Å². The normalized spacial score (nSPS) is 37.1. The van der Waals surface area contributed by atoms with Gasteiger partial charge in [-0.3, -0.25) is 4.90 Å². The van der Waals surface area contributed by atoms with E-state index in [0.717, 1.165) is 25.9 Å². The molecule has 2 aliphatic rings. The van der Waals surface area contributed by atoms with Gasteiger partial charge in [0, 0.05) is 26.1 Å². The van der Waals surface area contributed by atoms with Crippen molar-refractivity contribution in [1.82, 2.24) is 4.90 Å². The summed E-state index contributed by atoms with van der Waals surface area (Å²) in [6.45, 7) is 2.69. The molecule has 2 fully saturated rings. The van der Waals surface area contributed by atoms with Crippen LogP contribution in [0.1, 0.15) is 19.3 Å². The van der Waals surface area contributed by atoms with Gasteiger partial charge in [-0.25, -0.2) is 0 Å². The van der Waals surface area contributed by atoms with E-state index in [1.165, 1.54) is 0 Å². The summed E-state index contributed by atoms with van der Waals surface area (Å²) in [5, 5.41) is 21.1. The van der Waals surface area contributed by atoms with Gasteiger partial charge in [-0.05, 0) is 12.8 Å². The van der Waals surface area contributed by atoms with Crippen LogP contribution >= 0.6 is 0 Å². The molecule has 0 aromatic carbocycles. The van der Waals surface area contributed by atoms with Gasteiger partial charge in [-0.1, -0.05) is 5.16 Å². The maximum absolute atomic E-state index is 9.66. The third kappa shape index (κ3) is 2.45. The number of oxime groups is 1. The molecule has 0 aromatic heterocycles. The summed E-state index contributed by atoms with van der Waals surface area (Å²) >= 11 is 0. The topological polar surface area (TPSA) is 91.3 Å². The summed E-state index contributed by atoms with van der Waals surface area (Å²) in [5.74, 6) is 0.216. The van der Waals surface area contributed by atoms with Crippen LogP contribution < -0.4 is 5.73 Å². The molecule has 6 heteroatoms. The van der Waals surface area contributed by atoms with Crippen LogP contribution in [-0.4, -0.2) is 59.0 Å². The maximum atomic E-state index is 9.66. The molecule has 0 radical (unpaired) electrons. The fourth-order valence-electron chi connectivity index (χ4n) is 2.61. The Morgan fingerprint density at radius 3 is 3.12 bits per heavy atom. The lowest BCUT2D eigenvalue weighted by atomic mass is 9.91. The Morgan fingerprint density at radius 2 is 2.44 bits per heavy atom. The second kappa shape index (κ2) is 4.57. The zero-order valence-electron chi connectivity index (χ0n) is 9.30. The molecule has 4 N–H and O–H groups in total. The molecule has 16 heavy (non-hydrogen) atoms. The second-order valence-electron chi connectivity index (χ2n) is 4.73. The van der Waals surface area contributed by atoms with E-state index >= 15 is 0 Å². The third-order valence-electron chi connectivity index (χ3n) is 3.38. The molecule has 0 bridgehead atoms. The predicted molar refractivity (Wildman–Crippen MR) is 58.4 cm³/mol. The lowest BCUT2D eigenvalue weighted by molar-refractivity contribution is -0.110. The molecular formula is C10H19N3O3. The van der Waals surface area contributed by atoms with Crippen LogP contribution in [0.25, 0.3) is 0 Å². The fourth-order valence-corrected chi connectivity index (χ4v) is 2.61. The third-order valence-corrected chi connectivity index (χ3v) is 3.38. The average Bonchev–Trinajstić information content (AvgIpc) is 2.60. The number of ether oxygens (including phenoxy) is 1. The number of hydrogen-bond donors (Lipinski definition) is 3. The molecule has 92 valence electrons. The highest BCUT2D eigenvalue weighted by molar-refractivity contribution is 5.81. The Morgan fingerprint density at radius 1 is 1.62 bits per heavy atom. The number of rotatable bonds is 2. The van der Waals surface area contributed by atoms with Gasteiger partial charge in [0.15, 0.2) is 5.84 Å². The molecule has 0 aliphatic carbocycles. The minimum absolute atomic E-state index is 0.215. The van der Waals surface area contributed by atoms with E-state index in [0.29, 0.717) is 19.6 Å². The van der Waals surface area contributed by atoms with Gasteiger partial charge in [0.2, 0.25) is 0 Å². The summed E-state index contributed by atoms with van der Waals surface area (Å²) in [6, 6.07) is 0. The Hall–Kier alpha value is -0.850. The van der Waals surface area contributed by atoms with Crippen LogP contribution in [0, 0.1) is 0 Å². The van der Waals surface area contributed by atoms with Crippen molar-refractivity contribution in [2.24, 2.45) is 10.9 Å². The van der Waals surface area contributed by atoms with E-state index in [4.69, 9.17) is 15.7 Å². The van der Waals surface area contributed by atoms with Crippen LogP contribution in [0.4, 0.5) is 0 Å². The number of aliphatic hydroxyl groups is 1. The largest absolute Gasteiger partial charge is 0.409 e. The van der Waals surface area contributed by atoms with Gasteiger partial charge in [-0.15, -0.1) is 0 Å². The molecule has 0 saturated carbocycles. The van der Waals surface area contributed by atoms with Crippen molar-refractivity contribution in [3.8, 4) is 0 Å². The number of aliphatic hydroxyl groups excluding tert-OH is 1. The predicted octanol–water partition coefficient (Wildman–Crippen LogP) is -0.651. The summed E-state index contributed by atoms with van der Waals surface area (Å²) in [6.07, 6.45) is 2.07. The van der Waals surface area contributed by atoms with Crippen molar-refractivity contribution in [2.75, 3.05) is 26.2 Å². The molecule has 0 aromatic rings. The van der Waals surface area contributed by atoms with E-state index in [1.54, 1.807) is 0 Å². The van der Waals surface area contributed by atoms with E-state index in [1.807, 2.05) is 0 Å². The molecular weight excluding hydrogens is 210 g/mol. The van der Waals surface area contributed by atoms with E-state index in [9.17, 15) is 5.11 Å². The van der Waals surface area contributed by atoms with Crippen molar-refractivity contribution in [2.45, 2.75) is 31.0 Å². The van der Waals surface area contributed by atoms with Gasteiger partial charge in [0.25, 0.3) is 0 Å². The first kappa shape index (κ1) is 11.6. The Balaban J connectivity index is 1.91. The summed E-state index contributed by atoms with van der Waals surface area (Å²) in [7, 11) is 0. The van der Waals surface area contributed by atoms with Gasteiger partial charge in [0.1, 0.15) is 0 Å². The van der Waals surface area contributed by atoms with Crippen molar-refractivity contribution >= 4 is 5.84 Å². The Bertz CT molecular complexity index is 284. The average molecular weight is 229 g/mol. The maximum Gasteiger partial charge on any atom is 0.153 e. The number of amidine groups is 1. The van der Waals surface area contributed by atoms with Gasteiger partial charge < -0.3 is 20.8 Å². The molecule has 6 nitrogen and oxygen atoms in total. The number of nitrogens with two attached hydrogens (primary N) is 1. The smallest absolute Gasteiger partial charge is 0.153 e. The molecule has 2 atom stereocenters. The minimum atomic E-state index is -0.252. The molecule has 2 saturated heterocycles. The van der Waals surface area contributed by atoms with Crippen LogP contribution in [0.2, 0.25) is 0 Å². The van der Waals surface area contributed by atoms with E-state index < -0.39 is 0 Å². The highest BCUT2D eigenvalue weighted by Gasteiger charge is 2.42. The molecule has 2 unspecified atom stereocenters. The van der Waals surface area contributed by atoms with Crippen LogP contribution in [0.5, 0.6) is 0 Å². The standard InChI is InChI=1S/C10H19N3O3/c11-9(12-15)6-13-3-2-10(7-13)5-8(14)1-4-16-10/h8,14-15H,1-7H2,(H2,11,12). The zero-order chi connectivity index (χ0) is 11.6.